The molecule has 2 aromatic rings. The summed E-state index contributed by atoms with van der Waals surface area (Å²) in [6, 6.07) is 7.44. The van der Waals surface area contributed by atoms with Crippen molar-refractivity contribution in [3.05, 3.63) is 47.7 Å². The van der Waals surface area contributed by atoms with Gasteiger partial charge in [0, 0.05) is 17.4 Å². The van der Waals surface area contributed by atoms with Gasteiger partial charge in [-0.15, -0.1) is 0 Å². The highest BCUT2D eigenvalue weighted by Crippen LogP contribution is 2.31. The smallest absolute Gasteiger partial charge is 0.329 e. The van der Waals surface area contributed by atoms with Gasteiger partial charge in [0.25, 0.3) is 0 Å². The molecule has 0 saturated carbocycles. The van der Waals surface area contributed by atoms with Crippen LogP contribution in [0, 0.1) is 6.92 Å². The molecule has 0 spiro atoms. The van der Waals surface area contributed by atoms with Crippen LogP contribution in [0.3, 0.4) is 0 Å². The second-order valence-electron chi connectivity index (χ2n) is 4.22. The maximum absolute atomic E-state index is 12.5. The first-order chi connectivity index (χ1) is 9.41. The summed E-state index contributed by atoms with van der Waals surface area (Å²) < 4.78 is 37.4. The topological polar surface area (TPSA) is 42.0 Å². The maximum Gasteiger partial charge on any atom is 0.417 e. The number of benzene rings is 1. The van der Waals surface area contributed by atoms with E-state index in [4.69, 9.17) is 0 Å². The van der Waals surface area contributed by atoms with Crippen molar-refractivity contribution in [1.82, 2.24) is 4.98 Å². The van der Waals surface area contributed by atoms with E-state index in [1.807, 2.05) is 6.92 Å². The average molecular weight is 280 g/mol. The zero-order valence-electron chi connectivity index (χ0n) is 10.5. The molecule has 3 nitrogen and oxygen atoms in total. The van der Waals surface area contributed by atoms with Crippen LogP contribution in [0.5, 0.6) is 0 Å². The van der Waals surface area contributed by atoms with Crippen molar-refractivity contribution in [3.8, 4) is 11.3 Å². The minimum absolute atomic E-state index is 0.421. The summed E-state index contributed by atoms with van der Waals surface area (Å²) in [5.74, 6) is 0. The quantitative estimate of drug-likeness (QED) is 0.872. The van der Waals surface area contributed by atoms with Crippen molar-refractivity contribution in [1.29, 1.82) is 0 Å². The molecule has 0 radical (unpaired) electrons. The van der Waals surface area contributed by atoms with Gasteiger partial charge in [-0.1, -0.05) is 6.07 Å². The molecule has 20 heavy (non-hydrogen) atoms. The summed E-state index contributed by atoms with van der Waals surface area (Å²) in [7, 11) is 0. The first kappa shape index (κ1) is 14.0. The van der Waals surface area contributed by atoms with Gasteiger partial charge >= 0.3 is 6.18 Å². The van der Waals surface area contributed by atoms with E-state index in [9.17, 15) is 18.0 Å². The van der Waals surface area contributed by atoms with Gasteiger partial charge in [-0.2, -0.15) is 13.2 Å². The van der Waals surface area contributed by atoms with E-state index in [-0.39, 0.29) is 0 Å². The number of nitrogens with zero attached hydrogens (tertiary/aromatic N) is 1. The van der Waals surface area contributed by atoms with Crippen molar-refractivity contribution >= 4 is 12.1 Å². The highest BCUT2D eigenvalue weighted by atomic mass is 19.4. The molecule has 0 unspecified atom stereocenters. The lowest BCUT2D eigenvalue weighted by Gasteiger charge is -2.10. The number of hydrogen-bond donors (Lipinski definition) is 1. The Labute approximate surface area is 113 Å². The van der Waals surface area contributed by atoms with Gasteiger partial charge < -0.3 is 5.32 Å². The number of anilines is 1. The van der Waals surface area contributed by atoms with Gasteiger partial charge in [-0.25, -0.2) is 0 Å². The van der Waals surface area contributed by atoms with Crippen LogP contribution in [0.25, 0.3) is 11.3 Å². The molecule has 2 rings (SSSR count). The number of aromatic nitrogens is 1. The molecule has 1 aromatic carbocycles. The summed E-state index contributed by atoms with van der Waals surface area (Å²) in [4.78, 5) is 14.3. The molecular formula is C14H11F3N2O. The number of nitrogens with one attached hydrogen (secondary N) is 1. The summed E-state index contributed by atoms with van der Waals surface area (Å²) in [5, 5.41) is 2.49. The molecule has 1 amide bonds. The van der Waals surface area contributed by atoms with Crippen molar-refractivity contribution < 1.29 is 18.0 Å². The van der Waals surface area contributed by atoms with Gasteiger partial charge in [-0.05, 0) is 36.8 Å². The van der Waals surface area contributed by atoms with E-state index < -0.39 is 11.7 Å². The molecule has 1 heterocycles. The van der Waals surface area contributed by atoms with E-state index in [0.29, 0.717) is 23.4 Å². The summed E-state index contributed by atoms with van der Waals surface area (Å²) in [5.41, 5.74) is 1.72. The number of alkyl halides is 3. The van der Waals surface area contributed by atoms with Gasteiger partial charge in [0.15, 0.2) is 0 Å². The Hall–Kier alpha value is -2.37. The lowest BCUT2D eigenvalue weighted by molar-refractivity contribution is -0.137. The monoisotopic (exact) mass is 280 g/mol. The number of pyridine rings is 1. The Morgan fingerprint density at radius 2 is 1.95 bits per heavy atom. The number of amides is 1. The van der Waals surface area contributed by atoms with E-state index in [1.165, 1.54) is 6.07 Å². The van der Waals surface area contributed by atoms with Gasteiger partial charge in [0.05, 0.1) is 11.3 Å². The number of carbonyl (C=O) groups is 1. The van der Waals surface area contributed by atoms with Crippen molar-refractivity contribution in [3.63, 3.8) is 0 Å². The maximum atomic E-state index is 12.5. The number of halogens is 3. The van der Waals surface area contributed by atoms with Crippen LogP contribution in [0.2, 0.25) is 0 Å². The van der Waals surface area contributed by atoms with Crippen LogP contribution in [-0.4, -0.2) is 11.4 Å². The number of hydrogen-bond acceptors (Lipinski definition) is 2. The number of aryl methyl sites for hydroxylation is 1. The van der Waals surface area contributed by atoms with Crippen LogP contribution in [0.15, 0.2) is 36.5 Å². The molecule has 0 atom stereocenters. The lowest BCUT2D eigenvalue weighted by Crippen LogP contribution is -2.05. The standard InChI is InChI=1S/C14H11F3N2O/c1-9-2-4-11(19-8-20)6-12(9)13-5-3-10(7-18-13)14(15,16)17/h2-8H,1H3,(H,19,20). The molecule has 0 saturated heterocycles. The van der Waals surface area contributed by atoms with Gasteiger partial charge in [0.2, 0.25) is 6.41 Å². The van der Waals surface area contributed by atoms with Crippen molar-refractivity contribution in [2.45, 2.75) is 13.1 Å². The van der Waals surface area contributed by atoms with Crippen LogP contribution in [0.1, 0.15) is 11.1 Å². The molecule has 0 aliphatic rings. The zero-order valence-corrected chi connectivity index (χ0v) is 10.5. The lowest BCUT2D eigenvalue weighted by atomic mass is 10.0. The minimum Gasteiger partial charge on any atom is -0.329 e. The van der Waals surface area contributed by atoms with Gasteiger partial charge in [-0.3, -0.25) is 9.78 Å². The SMILES string of the molecule is Cc1ccc(NC=O)cc1-c1ccc(C(F)(F)F)cn1. The van der Waals surface area contributed by atoms with Gasteiger partial charge in [0.1, 0.15) is 0 Å². The normalized spacial score (nSPS) is 11.2. The Morgan fingerprint density at radius 3 is 2.50 bits per heavy atom. The predicted molar refractivity (Wildman–Crippen MR) is 69.1 cm³/mol. The third-order valence-corrected chi connectivity index (χ3v) is 2.83. The van der Waals surface area contributed by atoms with Crippen LogP contribution < -0.4 is 5.32 Å². The summed E-state index contributed by atoms with van der Waals surface area (Å²) >= 11 is 0. The first-order valence-electron chi connectivity index (χ1n) is 5.76. The Bertz CT molecular complexity index is 621. The largest absolute Gasteiger partial charge is 0.417 e. The molecular weight excluding hydrogens is 269 g/mol. The van der Waals surface area contributed by atoms with Crippen LogP contribution in [-0.2, 0) is 11.0 Å². The zero-order chi connectivity index (χ0) is 14.8. The highest BCUT2D eigenvalue weighted by Gasteiger charge is 2.30. The minimum atomic E-state index is -4.40. The summed E-state index contributed by atoms with van der Waals surface area (Å²) in [6.45, 7) is 1.82. The third-order valence-electron chi connectivity index (χ3n) is 2.83. The Kier molecular flexibility index (Phi) is 3.74. The Balaban J connectivity index is 2.41. The first-order valence-corrected chi connectivity index (χ1v) is 5.76. The molecule has 0 bridgehead atoms. The van der Waals surface area contributed by atoms with Crippen molar-refractivity contribution in [2.75, 3.05) is 5.32 Å². The second kappa shape index (κ2) is 5.32. The average Bonchev–Trinajstić information content (AvgIpc) is 2.40. The molecule has 0 aliphatic carbocycles. The van der Waals surface area contributed by atoms with E-state index in [2.05, 4.69) is 10.3 Å². The highest BCUT2D eigenvalue weighted by molar-refractivity contribution is 5.76. The molecule has 0 aliphatic heterocycles. The fourth-order valence-electron chi connectivity index (χ4n) is 1.78. The second-order valence-corrected chi connectivity index (χ2v) is 4.22. The Morgan fingerprint density at radius 1 is 1.20 bits per heavy atom. The molecule has 104 valence electrons. The number of rotatable bonds is 3. The molecule has 1 N–H and O–H groups in total. The van der Waals surface area contributed by atoms with Crippen LogP contribution in [0.4, 0.5) is 18.9 Å². The number of carbonyl (C=O) groups excluding carboxylic acids is 1. The van der Waals surface area contributed by atoms with Crippen LogP contribution >= 0.6 is 0 Å². The fourth-order valence-corrected chi connectivity index (χ4v) is 1.78. The molecule has 1 aromatic heterocycles. The van der Waals surface area contributed by atoms with Crippen molar-refractivity contribution in [2.24, 2.45) is 0 Å². The van der Waals surface area contributed by atoms with E-state index in [1.54, 1.807) is 18.2 Å². The van der Waals surface area contributed by atoms with E-state index in [0.717, 1.165) is 17.8 Å². The fraction of sp³-hybridized carbons (Fsp3) is 0.143. The summed E-state index contributed by atoms with van der Waals surface area (Å²) in [6.07, 6.45) is -3.06. The molecule has 0 fully saturated rings. The third kappa shape index (κ3) is 2.96. The molecule has 6 heteroatoms. The van der Waals surface area contributed by atoms with E-state index >= 15 is 0 Å². The predicted octanol–water partition coefficient (Wildman–Crippen LogP) is 3.64.